The fourth-order valence-corrected chi connectivity index (χ4v) is 1.45. The Labute approximate surface area is 113 Å². The molecule has 1 unspecified atom stereocenters. The smallest absolute Gasteiger partial charge is 0.305 e. The van der Waals surface area contributed by atoms with Crippen LogP contribution in [0.3, 0.4) is 0 Å². The molecule has 0 aliphatic rings. The van der Waals surface area contributed by atoms with Crippen LogP contribution in [0.4, 0.5) is 4.39 Å². The second kappa shape index (κ2) is 6.99. The summed E-state index contributed by atoms with van der Waals surface area (Å²) in [6, 6.07) is 5.97. The van der Waals surface area contributed by atoms with Crippen molar-refractivity contribution >= 4 is 17.7 Å². The first-order valence-corrected chi connectivity index (χ1v) is 5.59. The van der Waals surface area contributed by atoms with Crippen LogP contribution in [0.1, 0.15) is 22.3 Å². The van der Waals surface area contributed by atoms with Gasteiger partial charge >= 0.3 is 5.97 Å². The van der Waals surface area contributed by atoms with Gasteiger partial charge in [0.2, 0.25) is 0 Å². The summed E-state index contributed by atoms with van der Waals surface area (Å²) in [5, 5.41) is 19.4. The molecule has 0 bridgehead atoms. The molecule has 0 saturated carbocycles. The van der Waals surface area contributed by atoms with Crippen LogP contribution in [-0.2, 0) is 9.59 Å². The Bertz CT molecular complexity index is 563. The Hall–Kier alpha value is -2.75. The van der Waals surface area contributed by atoms with Crippen molar-refractivity contribution in [2.45, 2.75) is 12.5 Å². The largest absolute Gasteiger partial charge is 0.481 e. The minimum absolute atomic E-state index is 0.144. The number of aliphatic carboxylic acids is 1. The van der Waals surface area contributed by atoms with E-state index in [-0.39, 0.29) is 5.56 Å². The summed E-state index contributed by atoms with van der Waals surface area (Å²) in [5.41, 5.74) is 0.495. The second-order valence-electron chi connectivity index (χ2n) is 3.91. The maximum atomic E-state index is 12.3. The minimum atomic E-state index is -1.42. The molecule has 1 amide bonds. The van der Waals surface area contributed by atoms with Crippen molar-refractivity contribution in [2.75, 3.05) is 6.67 Å². The summed E-state index contributed by atoms with van der Waals surface area (Å²) in [6.07, 6.45) is -0.690. The van der Waals surface area contributed by atoms with Crippen LogP contribution in [0.5, 0.6) is 0 Å². The number of nitriles is 1. The number of ketones is 1. The molecule has 0 heterocycles. The number of carbonyl (C=O) groups is 3. The van der Waals surface area contributed by atoms with E-state index in [9.17, 15) is 18.8 Å². The average molecular weight is 278 g/mol. The highest BCUT2D eigenvalue weighted by molar-refractivity contribution is 5.99. The van der Waals surface area contributed by atoms with E-state index in [4.69, 9.17) is 10.4 Å². The molecule has 0 aliphatic carbocycles. The number of benzene rings is 1. The molecule has 1 atom stereocenters. The molecule has 0 fully saturated rings. The molecule has 20 heavy (non-hydrogen) atoms. The zero-order chi connectivity index (χ0) is 15.1. The number of amides is 1. The van der Waals surface area contributed by atoms with Gasteiger partial charge in [-0.15, -0.1) is 0 Å². The number of Topliss-reactive ketones (excluding diaryl/α,β-unsaturated/α-hetero) is 1. The van der Waals surface area contributed by atoms with Crippen LogP contribution in [0, 0.1) is 11.3 Å². The summed E-state index contributed by atoms with van der Waals surface area (Å²) in [4.78, 5) is 33.6. The minimum Gasteiger partial charge on any atom is -0.481 e. The average Bonchev–Trinajstić information content (AvgIpc) is 2.45. The Kier molecular flexibility index (Phi) is 5.35. The van der Waals surface area contributed by atoms with Crippen LogP contribution < -0.4 is 5.32 Å². The van der Waals surface area contributed by atoms with Crippen molar-refractivity contribution < 1.29 is 23.9 Å². The number of carbonyl (C=O) groups excluding carboxylic acids is 2. The number of hydrogen-bond acceptors (Lipinski definition) is 4. The molecule has 7 heteroatoms. The first-order valence-electron chi connectivity index (χ1n) is 5.59. The molecular weight excluding hydrogens is 267 g/mol. The second-order valence-corrected chi connectivity index (χ2v) is 3.91. The summed E-state index contributed by atoms with van der Waals surface area (Å²) in [7, 11) is 0. The zero-order valence-corrected chi connectivity index (χ0v) is 10.3. The molecule has 0 radical (unpaired) electrons. The van der Waals surface area contributed by atoms with Crippen molar-refractivity contribution in [1.82, 2.24) is 5.32 Å². The fraction of sp³-hybridized carbons (Fsp3) is 0.231. The number of hydrogen-bond donors (Lipinski definition) is 2. The summed E-state index contributed by atoms with van der Waals surface area (Å²) in [6.45, 7) is -1.36. The molecule has 0 aromatic heterocycles. The number of nitrogens with zero attached hydrogens (tertiary/aromatic N) is 1. The molecule has 1 rings (SSSR count). The highest BCUT2D eigenvalue weighted by Gasteiger charge is 2.23. The highest BCUT2D eigenvalue weighted by Crippen LogP contribution is 2.05. The Morgan fingerprint density at radius 1 is 1.30 bits per heavy atom. The van der Waals surface area contributed by atoms with E-state index in [1.165, 1.54) is 24.3 Å². The van der Waals surface area contributed by atoms with Gasteiger partial charge in [-0.25, -0.2) is 4.39 Å². The van der Waals surface area contributed by atoms with Crippen LogP contribution in [-0.4, -0.2) is 35.5 Å². The third-order valence-corrected chi connectivity index (χ3v) is 2.48. The summed E-state index contributed by atoms with van der Waals surface area (Å²) in [5.74, 6) is -3.03. The van der Waals surface area contributed by atoms with Crippen molar-refractivity contribution in [3.05, 3.63) is 35.4 Å². The predicted octanol–water partition coefficient (Wildman–Crippen LogP) is 0.670. The topological polar surface area (TPSA) is 107 Å². The standard InChI is InChI=1S/C13H11FN2O4/c14-6-11(17)10(5-12(18)19)16-13(20)9-3-1-8(7-15)2-4-9/h1-4,10H,5-6H2,(H,16,20)(H,18,19). The number of rotatable bonds is 6. The fourth-order valence-electron chi connectivity index (χ4n) is 1.45. The van der Waals surface area contributed by atoms with E-state index >= 15 is 0 Å². The van der Waals surface area contributed by atoms with Crippen LogP contribution >= 0.6 is 0 Å². The number of nitrogens with one attached hydrogen (secondary N) is 1. The van der Waals surface area contributed by atoms with Gasteiger partial charge in [0.25, 0.3) is 5.91 Å². The number of carboxylic acids is 1. The van der Waals surface area contributed by atoms with Crippen molar-refractivity contribution in [3.63, 3.8) is 0 Å². The van der Waals surface area contributed by atoms with E-state index in [0.717, 1.165) is 0 Å². The molecule has 6 nitrogen and oxygen atoms in total. The van der Waals surface area contributed by atoms with Gasteiger partial charge in [0.1, 0.15) is 12.7 Å². The van der Waals surface area contributed by atoms with Crippen LogP contribution in [0.2, 0.25) is 0 Å². The van der Waals surface area contributed by atoms with Gasteiger partial charge in [-0.05, 0) is 24.3 Å². The van der Waals surface area contributed by atoms with E-state index in [2.05, 4.69) is 5.32 Å². The van der Waals surface area contributed by atoms with Crippen LogP contribution in [0.15, 0.2) is 24.3 Å². The monoisotopic (exact) mass is 278 g/mol. The summed E-state index contributed by atoms with van der Waals surface area (Å²) >= 11 is 0. The first kappa shape index (κ1) is 15.3. The van der Waals surface area contributed by atoms with Gasteiger partial charge in [-0.1, -0.05) is 0 Å². The van der Waals surface area contributed by atoms with Gasteiger partial charge in [-0.3, -0.25) is 14.4 Å². The van der Waals surface area contributed by atoms with Crippen molar-refractivity contribution in [1.29, 1.82) is 5.26 Å². The lowest BCUT2D eigenvalue weighted by molar-refractivity contribution is -0.139. The maximum absolute atomic E-state index is 12.3. The number of halogens is 1. The van der Waals surface area contributed by atoms with Crippen LogP contribution in [0.25, 0.3) is 0 Å². The van der Waals surface area contributed by atoms with Crippen molar-refractivity contribution in [2.24, 2.45) is 0 Å². The Balaban J connectivity index is 2.81. The predicted molar refractivity (Wildman–Crippen MR) is 65.6 cm³/mol. The van der Waals surface area contributed by atoms with E-state index in [1.807, 2.05) is 6.07 Å². The molecule has 0 saturated heterocycles. The molecule has 104 valence electrons. The molecule has 1 aromatic carbocycles. The molecule has 0 spiro atoms. The molecule has 1 aromatic rings. The zero-order valence-electron chi connectivity index (χ0n) is 10.3. The maximum Gasteiger partial charge on any atom is 0.305 e. The van der Waals surface area contributed by atoms with Gasteiger partial charge in [0.05, 0.1) is 18.1 Å². The number of alkyl halides is 1. The first-order chi connectivity index (χ1) is 9.47. The SMILES string of the molecule is N#Cc1ccc(C(=O)NC(CC(=O)O)C(=O)CF)cc1. The lowest BCUT2D eigenvalue weighted by Crippen LogP contribution is -2.43. The molecular formula is C13H11FN2O4. The van der Waals surface area contributed by atoms with Gasteiger partial charge in [-0.2, -0.15) is 5.26 Å². The van der Waals surface area contributed by atoms with E-state index < -0.39 is 36.8 Å². The highest BCUT2D eigenvalue weighted by atomic mass is 19.1. The third kappa shape index (κ3) is 4.17. The Morgan fingerprint density at radius 3 is 2.35 bits per heavy atom. The summed E-state index contributed by atoms with van der Waals surface area (Å²) < 4.78 is 12.3. The van der Waals surface area contributed by atoms with Crippen molar-refractivity contribution in [3.8, 4) is 6.07 Å². The Morgan fingerprint density at radius 2 is 1.90 bits per heavy atom. The lowest BCUT2D eigenvalue weighted by Gasteiger charge is -2.14. The van der Waals surface area contributed by atoms with E-state index in [0.29, 0.717) is 5.56 Å². The lowest BCUT2D eigenvalue weighted by atomic mass is 10.1. The van der Waals surface area contributed by atoms with Gasteiger partial charge in [0.15, 0.2) is 5.78 Å². The van der Waals surface area contributed by atoms with E-state index in [1.54, 1.807) is 0 Å². The molecule has 0 aliphatic heterocycles. The third-order valence-electron chi connectivity index (χ3n) is 2.48. The quantitative estimate of drug-likeness (QED) is 0.795. The molecule has 2 N–H and O–H groups in total. The van der Waals surface area contributed by atoms with Gasteiger partial charge < -0.3 is 10.4 Å². The number of carboxylic acid groups (broad SMARTS) is 1. The van der Waals surface area contributed by atoms with Gasteiger partial charge in [0, 0.05) is 5.56 Å². The normalized spacial score (nSPS) is 11.2.